The Hall–Kier alpha value is -1.51. The predicted octanol–water partition coefficient (Wildman–Crippen LogP) is 3.83. The molecule has 0 saturated heterocycles. The van der Waals surface area contributed by atoms with Crippen LogP contribution in [0.1, 0.15) is 51.0 Å². The molecule has 0 bridgehead atoms. The second-order valence-corrected chi connectivity index (χ2v) is 5.65. The zero-order valence-electron chi connectivity index (χ0n) is 11.6. The first-order chi connectivity index (χ1) is 9.08. The van der Waals surface area contributed by atoms with Gasteiger partial charge in [-0.25, -0.2) is 0 Å². The third kappa shape index (κ3) is 3.49. The average molecular weight is 262 g/mol. The first-order valence-corrected chi connectivity index (χ1v) is 7.07. The van der Waals surface area contributed by atoms with E-state index in [2.05, 4.69) is 0 Å². The number of hydrogen-bond donors (Lipinski definition) is 1. The van der Waals surface area contributed by atoms with Crippen molar-refractivity contribution in [1.82, 2.24) is 0 Å². The fourth-order valence-corrected chi connectivity index (χ4v) is 2.77. The highest BCUT2D eigenvalue weighted by atomic mass is 16.5. The van der Waals surface area contributed by atoms with Crippen molar-refractivity contribution in [3.8, 4) is 5.75 Å². The molecule has 0 spiro atoms. The molecular formula is C16H22O3. The van der Waals surface area contributed by atoms with Crippen LogP contribution in [-0.2, 0) is 4.79 Å². The molecule has 1 saturated carbocycles. The van der Waals surface area contributed by atoms with Gasteiger partial charge >= 0.3 is 5.97 Å². The van der Waals surface area contributed by atoms with Gasteiger partial charge in [-0.05, 0) is 49.3 Å². The third-order valence-electron chi connectivity index (χ3n) is 3.78. The monoisotopic (exact) mass is 262 g/mol. The van der Waals surface area contributed by atoms with E-state index >= 15 is 0 Å². The number of rotatable bonds is 5. The number of hydrogen-bond acceptors (Lipinski definition) is 2. The van der Waals surface area contributed by atoms with Gasteiger partial charge in [-0.1, -0.05) is 26.0 Å². The number of aliphatic carboxylic acids is 1. The summed E-state index contributed by atoms with van der Waals surface area (Å²) in [5, 5.41) is 9.26. The molecule has 0 amide bonds. The number of carboxylic acids is 1. The molecule has 1 N–H and O–H groups in total. The summed E-state index contributed by atoms with van der Waals surface area (Å²) >= 11 is 0. The molecule has 104 valence electrons. The Morgan fingerprint density at radius 2 is 1.79 bits per heavy atom. The van der Waals surface area contributed by atoms with E-state index in [0.29, 0.717) is 6.10 Å². The zero-order chi connectivity index (χ0) is 13.8. The molecular weight excluding hydrogens is 240 g/mol. The lowest BCUT2D eigenvalue weighted by Gasteiger charge is -2.18. The summed E-state index contributed by atoms with van der Waals surface area (Å²) in [6, 6.07) is 7.55. The van der Waals surface area contributed by atoms with Crippen LogP contribution in [0.2, 0.25) is 0 Å². The number of ether oxygens (including phenoxy) is 1. The van der Waals surface area contributed by atoms with E-state index in [9.17, 15) is 9.90 Å². The highest BCUT2D eigenvalue weighted by Crippen LogP contribution is 2.28. The average Bonchev–Trinajstić information content (AvgIpc) is 2.83. The van der Waals surface area contributed by atoms with Crippen molar-refractivity contribution in [3.05, 3.63) is 29.8 Å². The summed E-state index contributed by atoms with van der Waals surface area (Å²) in [5.41, 5.74) is 0.848. The van der Waals surface area contributed by atoms with Gasteiger partial charge in [0.2, 0.25) is 0 Å². The molecule has 0 aliphatic heterocycles. The first-order valence-electron chi connectivity index (χ1n) is 7.07. The van der Waals surface area contributed by atoms with Gasteiger partial charge in [-0.15, -0.1) is 0 Å². The maximum Gasteiger partial charge on any atom is 0.311 e. The van der Waals surface area contributed by atoms with E-state index in [4.69, 9.17) is 4.74 Å². The molecule has 3 heteroatoms. The van der Waals surface area contributed by atoms with E-state index in [0.717, 1.165) is 24.2 Å². The van der Waals surface area contributed by atoms with Crippen LogP contribution < -0.4 is 4.74 Å². The summed E-state index contributed by atoms with van der Waals surface area (Å²) in [4.78, 5) is 11.3. The van der Waals surface area contributed by atoms with Gasteiger partial charge in [-0.3, -0.25) is 4.79 Å². The van der Waals surface area contributed by atoms with Gasteiger partial charge in [0, 0.05) is 0 Å². The second-order valence-electron chi connectivity index (χ2n) is 5.65. The Morgan fingerprint density at radius 1 is 1.21 bits per heavy atom. The minimum atomic E-state index is -0.764. The summed E-state index contributed by atoms with van der Waals surface area (Å²) in [6.45, 7) is 3.86. The molecule has 2 rings (SSSR count). The SMILES string of the molecule is CC(C)C(C(=O)O)c1ccc(OC2CCCC2)cc1. The number of carbonyl (C=O) groups is 1. The van der Waals surface area contributed by atoms with Crippen LogP contribution in [0, 0.1) is 5.92 Å². The Kier molecular flexibility index (Phi) is 4.46. The molecule has 1 aromatic rings. The second kappa shape index (κ2) is 6.09. The maximum absolute atomic E-state index is 11.3. The van der Waals surface area contributed by atoms with E-state index < -0.39 is 11.9 Å². The van der Waals surface area contributed by atoms with E-state index in [1.807, 2.05) is 38.1 Å². The lowest BCUT2D eigenvalue weighted by atomic mass is 9.88. The van der Waals surface area contributed by atoms with Crippen LogP contribution in [0.4, 0.5) is 0 Å². The van der Waals surface area contributed by atoms with Gasteiger partial charge in [0.05, 0.1) is 12.0 Å². The topological polar surface area (TPSA) is 46.5 Å². The normalized spacial score (nSPS) is 17.6. The molecule has 3 nitrogen and oxygen atoms in total. The minimum absolute atomic E-state index is 0.0825. The lowest BCUT2D eigenvalue weighted by Crippen LogP contribution is -2.17. The van der Waals surface area contributed by atoms with Crippen LogP contribution in [0.15, 0.2) is 24.3 Å². The van der Waals surface area contributed by atoms with Crippen LogP contribution in [0.3, 0.4) is 0 Å². The fraction of sp³-hybridized carbons (Fsp3) is 0.562. The van der Waals surface area contributed by atoms with Crippen molar-refractivity contribution in [2.45, 2.75) is 51.6 Å². The molecule has 19 heavy (non-hydrogen) atoms. The van der Waals surface area contributed by atoms with E-state index in [1.54, 1.807) is 0 Å². The Morgan fingerprint density at radius 3 is 2.26 bits per heavy atom. The molecule has 1 unspecified atom stereocenters. The largest absolute Gasteiger partial charge is 0.490 e. The maximum atomic E-state index is 11.3. The molecule has 1 aromatic carbocycles. The Bertz CT molecular complexity index is 416. The van der Waals surface area contributed by atoms with Crippen LogP contribution in [0.5, 0.6) is 5.75 Å². The predicted molar refractivity (Wildman–Crippen MR) is 74.5 cm³/mol. The highest BCUT2D eigenvalue weighted by molar-refractivity contribution is 5.76. The summed E-state index contributed by atoms with van der Waals surface area (Å²) in [7, 11) is 0. The van der Waals surface area contributed by atoms with E-state index in [1.165, 1.54) is 12.8 Å². The standard InChI is InChI=1S/C16H22O3/c1-11(2)15(16(17)18)12-7-9-14(10-8-12)19-13-5-3-4-6-13/h7-11,13,15H,3-6H2,1-2H3,(H,17,18). The van der Waals surface area contributed by atoms with Crippen molar-refractivity contribution >= 4 is 5.97 Å². The van der Waals surface area contributed by atoms with Gasteiger partial charge < -0.3 is 9.84 Å². The van der Waals surface area contributed by atoms with E-state index in [-0.39, 0.29) is 5.92 Å². The van der Waals surface area contributed by atoms with Gasteiger partial charge in [-0.2, -0.15) is 0 Å². The summed E-state index contributed by atoms with van der Waals surface area (Å²) < 4.78 is 5.88. The molecule has 0 heterocycles. The van der Waals surface area contributed by atoms with Crippen molar-refractivity contribution in [2.75, 3.05) is 0 Å². The number of benzene rings is 1. The van der Waals surface area contributed by atoms with Gasteiger partial charge in [0.1, 0.15) is 5.75 Å². The van der Waals surface area contributed by atoms with Crippen molar-refractivity contribution < 1.29 is 14.6 Å². The molecule has 1 aliphatic carbocycles. The van der Waals surface area contributed by atoms with Crippen molar-refractivity contribution in [3.63, 3.8) is 0 Å². The molecule has 0 aromatic heterocycles. The Labute approximate surface area is 114 Å². The fourth-order valence-electron chi connectivity index (χ4n) is 2.77. The third-order valence-corrected chi connectivity index (χ3v) is 3.78. The molecule has 0 radical (unpaired) electrons. The van der Waals surface area contributed by atoms with Crippen molar-refractivity contribution in [1.29, 1.82) is 0 Å². The summed E-state index contributed by atoms with van der Waals surface area (Å²) in [6.07, 6.45) is 5.09. The number of carboxylic acid groups (broad SMARTS) is 1. The summed E-state index contributed by atoms with van der Waals surface area (Å²) in [5.74, 6) is -0.275. The first kappa shape index (κ1) is 13.9. The smallest absolute Gasteiger partial charge is 0.311 e. The molecule has 1 fully saturated rings. The molecule has 1 atom stereocenters. The van der Waals surface area contributed by atoms with Crippen LogP contribution >= 0.6 is 0 Å². The minimum Gasteiger partial charge on any atom is -0.490 e. The lowest BCUT2D eigenvalue weighted by molar-refractivity contribution is -0.139. The van der Waals surface area contributed by atoms with Crippen LogP contribution in [-0.4, -0.2) is 17.2 Å². The zero-order valence-corrected chi connectivity index (χ0v) is 11.6. The molecule has 1 aliphatic rings. The van der Waals surface area contributed by atoms with Crippen LogP contribution in [0.25, 0.3) is 0 Å². The van der Waals surface area contributed by atoms with Gasteiger partial charge in [0.25, 0.3) is 0 Å². The quantitative estimate of drug-likeness (QED) is 0.877. The van der Waals surface area contributed by atoms with Crippen molar-refractivity contribution in [2.24, 2.45) is 5.92 Å². The highest BCUT2D eigenvalue weighted by Gasteiger charge is 2.23. The van der Waals surface area contributed by atoms with Gasteiger partial charge in [0.15, 0.2) is 0 Å². The Balaban J connectivity index is 2.06.